The summed E-state index contributed by atoms with van der Waals surface area (Å²) < 4.78 is 34.1. The second kappa shape index (κ2) is 9.15. The molecule has 8 nitrogen and oxygen atoms in total. The van der Waals surface area contributed by atoms with E-state index in [1.165, 1.54) is 7.11 Å². The molecule has 2 N–H and O–H groups in total. The van der Waals surface area contributed by atoms with Crippen LogP contribution in [0.5, 0.6) is 5.75 Å². The highest BCUT2D eigenvalue weighted by Gasteiger charge is 2.39. The van der Waals surface area contributed by atoms with Crippen molar-refractivity contribution >= 4 is 38.7 Å². The Balaban J connectivity index is 1.48. The number of anilines is 2. The van der Waals surface area contributed by atoms with Gasteiger partial charge in [-0.05, 0) is 72.4 Å². The van der Waals surface area contributed by atoms with Crippen LogP contribution in [0.1, 0.15) is 35.1 Å². The summed E-state index contributed by atoms with van der Waals surface area (Å²) in [6.07, 6.45) is 4.92. The fraction of sp³-hybridized carbons (Fsp3) is 0.231. The number of hydrogen-bond acceptors (Lipinski definition) is 6. The second-order valence-electron chi connectivity index (χ2n) is 8.98. The maximum absolute atomic E-state index is 13.2. The number of nitro benzene ring substituents is 1. The number of ether oxygens (including phenoxy) is 1. The van der Waals surface area contributed by atoms with Crippen molar-refractivity contribution in [1.82, 2.24) is 0 Å². The molecule has 10 heteroatoms. The van der Waals surface area contributed by atoms with Gasteiger partial charge < -0.3 is 10.1 Å². The van der Waals surface area contributed by atoms with Crippen molar-refractivity contribution in [2.24, 2.45) is 5.92 Å². The number of nitrogens with zero attached hydrogens (tertiary/aromatic N) is 1. The van der Waals surface area contributed by atoms with Crippen LogP contribution >= 0.6 is 11.6 Å². The number of halogens is 1. The minimum atomic E-state index is -3.84. The Hall–Kier alpha value is -3.56. The van der Waals surface area contributed by atoms with Crippen molar-refractivity contribution in [3.8, 4) is 5.75 Å². The Morgan fingerprint density at radius 3 is 2.67 bits per heavy atom. The van der Waals surface area contributed by atoms with Gasteiger partial charge in [0.15, 0.2) is 5.75 Å². The lowest BCUT2D eigenvalue weighted by atomic mass is 9.77. The third-order valence-corrected chi connectivity index (χ3v) is 8.61. The Morgan fingerprint density at radius 2 is 1.94 bits per heavy atom. The van der Waals surface area contributed by atoms with E-state index in [2.05, 4.69) is 22.2 Å². The highest BCUT2D eigenvalue weighted by Crippen LogP contribution is 2.51. The Labute approximate surface area is 214 Å². The molecule has 5 rings (SSSR count). The molecule has 0 fully saturated rings. The van der Waals surface area contributed by atoms with Gasteiger partial charge in [0, 0.05) is 22.7 Å². The molecule has 0 saturated heterocycles. The van der Waals surface area contributed by atoms with E-state index in [1.54, 1.807) is 48.5 Å². The molecule has 0 aromatic heterocycles. The van der Waals surface area contributed by atoms with Gasteiger partial charge in [-0.1, -0.05) is 35.9 Å². The van der Waals surface area contributed by atoms with Crippen LogP contribution in [0, 0.1) is 23.0 Å². The second-order valence-corrected chi connectivity index (χ2v) is 11.1. The van der Waals surface area contributed by atoms with Gasteiger partial charge in [0.2, 0.25) is 0 Å². The third-order valence-electron chi connectivity index (χ3n) is 6.83. The smallest absolute Gasteiger partial charge is 0.311 e. The number of nitrogens with one attached hydrogen (secondary N) is 2. The van der Waals surface area contributed by atoms with Crippen LogP contribution in [0.3, 0.4) is 0 Å². The summed E-state index contributed by atoms with van der Waals surface area (Å²) in [6, 6.07) is 14.8. The number of allylic oxidation sites excluding steroid dienone is 2. The fourth-order valence-corrected chi connectivity index (χ4v) is 6.25. The zero-order chi connectivity index (χ0) is 25.6. The molecule has 0 unspecified atom stereocenters. The minimum Gasteiger partial charge on any atom is -0.490 e. The Kier molecular flexibility index (Phi) is 6.13. The van der Waals surface area contributed by atoms with Gasteiger partial charge in [-0.25, -0.2) is 8.42 Å². The van der Waals surface area contributed by atoms with Crippen molar-refractivity contribution < 1.29 is 18.1 Å². The molecule has 0 amide bonds. The van der Waals surface area contributed by atoms with E-state index in [4.69, 9.17) is 16.3 Å². The lowest BCUT2D eigenvalue weighted by Crippen LogP contribution is -2.29. The highest BCUT2D eigenvalue weighted by molar-refractivity contribution is 7.92. The number of methoxy groups -OCH3 is 1. The van der Waals surface area contributed by atoms with Crippen molar-refractivity contribution in [3.63, 3.8) is 0 Å². The number of benzene rings is 3. The van der Waals surface area contributed by atoms with Gasteiger partial charge in [-0.15, -0.1) is 0 Å². The SMILES string of the molecule is COc1ccc([C@H]2Nc3ccc(S(=O)(=O)Nc4ccc(C)c(Cl)c4)cc3[C@H]3C=CC[C@H]32)cc1[N+](=O)[O-]. The lowest BCUT2D eigenvalue weighted by molar-refractivity contribution is -0.385. The number of hydrogen-bond donors (Lipinski definition) is 2. The molecule has 0 spiro atoms. The molecule has 0 radical (unpaired) electrons. The van der Waals surface area contributed by atoms with E-state index in [9.17, 15) is 18.5 Å². The monoisotopic (exact) mass is 525 g/mol. The van der Waals surface area contributed by atoms with Crippen molar-refractivity contribution in [3.05, 3.63) is 98.6 Å². The van der Waals surface area contributed by atoms with Crippen LogP contribution in [0.2, 0.25) is 5.02 Å². The summed E-state index contributed by atoms with van der Waals surface area (Å²) in [5.41, 5.74) is 3.60. The zero-order valence-corrected chi connectivity index (χ0v) is 21.1. The zero-order valence-electron chi connectivity index (χ0n) is 19.6. The van der Waals surface area contributed by atoms with Crippen LogP contribution in [-0.2, 0) is 10.0 Å². The summed E-state index contributed by atoms with van der Waals surface area (Å²) in [6.45, 7) is 1.85. The molecule has 2 aliphatic rings. The molecule has 3 aromatic carbocycles. The molecule has 186 valence electrons. The molecule has 1 aliphatic heterocycles. The average molecular weight is 526 g/mol. The maximum Gasteiger partial charge on any atom is 0.311 e. The minimum absolute atomic E-state index is 0.0311. The molecule has 3 atom stereocenters. The number of rotatable bonds is 6. The van der Waals surface area contributed by atoms with E-state index < -0.39 is 14.9 Å². The number of sulfonamides is 1. The highest BCUT2D eigenvalue weighted by atomic mass is 35.5. The molecule has 3 aromatic rings. The van der Waals surface area contributed by atoms with Gasteiger partial charge in [-0.2, -0.15) is 0 Å². The maximum atomic E-state index is 13.2. The van der Waals surface area contributed by atoms with Crippen LogP contribution in [0.25, 0.3) is 0 Å². The largest absolute Gasteiger partial charge is 0.490 e. The first-order chi connectivity index (χ1) is 17.2. The van der Waals surface area contributed by atoms with Crippen LogP contribution in [0.15, 0.2) is 71.6 Å². The summed E-state index contributed by atoms with van der Waals surface area (Å²) in [7, 11) is -2.44. The van der Waals surface area contributed by atoms with Gasteiger partial charge in [-0.3, -0.25) is 14.8 Å². The quantitative estimate of drug-likeness (QED) is 0.225. The number of fused-ring (bicyclic) bond motifs is 3. The van der Waals surface area contributed by atoms with E-state index in [0.29, 0.717) is 10.7 Å². The molecular weight excluding hydrogens is 502 g/mol. The van der Waals surface area contributed by atoms with Gasteiger partial charge in [0.1, 0.15) is 0 Å². The van der Waals surface area contributed by atoms with Crippen LogP contribution in [0.4, 0.5) is 17.1 Å². The standard InChI is InChI=1S/C26H24ClN3O5S/c1-15-6-8-17(13-22(15)27)29-36(33,34)18-9-10-23-21(14-18)19-4-3-5-20(19)26(28-23)16-7-11-25(35-2)24(12-16)30(31)32/h3-4,6-14,19-20,26,28-29H,5H2,1-2H3/t19-,20+,26+/m0/s1. The third kappa shape index (κ3) is 4.29. The normalized spacial score (nSPS) is 20.2. The van der Waals surface area contributed by atoms with Crippen LogP contribution < -0.4 is 14.8 Å². The van der Waals surface area contributed by atoms with Gasteiger partial charge in [0.25, 0.3) is 10.0 Å². The summed E-state index contributed by atoms with van der Waals surface area (Å²) in [5.74, 6) is 0.252. The molecule has 1 aliphatic carbocycles. The van der Waals surface area contributed by atoms with E-state index in [1.807, 2.05) is 13.0 Å². The molecule has 36 heavy (non-hydrogen) atoms. The average Bonchev–Trinajstić information content (AvgIpc) is 3.35. The summed E-state index contributed by atoms with van der Waals surface area (Å²) >= 11 is 6.16. The lowest BCUT2D eigenvalue weighted by Gasteiger charge is -2.37. The predicted octanol–water partition coefficient (Wildman–Crippen LogP) is 6.19. The molecule has 0 saturated carbocycles. The molecular formula is C26H24ClN3O5S. The molecule has 0 bridgehead atoms. The van der Waals surface area contributed by atoms with Crippen molar-refractivity contribution in [1.29, 1.82) is 0 Å². The van der Waals surface area contributed by atoms with Crippen LogP contribution in [-0.4, -0.2) is 20.5 Å². The van der Waals surface area contributed by atoms with Gasteiger partial charge in [0.05, 0.1) is 28.7 Å². The Morgan fingerprint density at radius 1 is 1.14 bits per heavy atom. The number of aryl methyl sites for hydroxylation is 1. The predicted molar refractivity (Wildman–Crippen MR) is 139 cm³/mol. The number of nitro groups is 1. The van der Waals surface area contributed by atoms with Gasteiger partial charge >= 0.3 is 5.69 Å². The molecule has 1 heterocycles. The fourth-order valence-electron chi connectivity index (χ4n) is 4.98. The van der Waals surface area contributed by atoms with Crippen molar-refractivity contribution in [2.75, 3.05) is 17.1 Å². The van der Waals surface area contributed by atoms with Crippen molar-refractivity contribution in [2.45, 2.75) is 30.2 Å². The topological polar surface area (TPSA) is 111 Å². The summed E-state index contributed by atoms with van der Waals surface area (Å²) in [4.78, 5) is 11.3. The van der Waals surface area contributed by atoms with E-state index >= 15 is 0 Å². The van der Waals surface area contributed by atoms with E-state index in [-0.39, 0.29) is 34.2 Å². The summed E-state index contributed by atoms with van der Waals surface area (Å²) in [5, 5.41) is 15.5. The first-order valence-corrected chi connectivity index (χ1v) is 13.2. The first-order valence-electron chi connectivity index (χ1n) is 11.4. The first kappa shape index (κ1) is 24.1. The Bertz CT molecular complexity index is 1510. The van der Waals surface area contributed by atoms with E-state index in [0.717, 1.165) is 28.8 Å².